The van der Waals surface area contributed by atoms with Gasteiger partial charge in [-0.05, 0) is 37.1 Å². The smallest absolute Gasteiger partial charge is 0.203 e. The maximum absolute atomic E-state index is 6.69. The molecule has 2 aromatic carbocycles. The maximum atomic E-state index is 6.69. The number of hydrogen-bond donors (Lipinski definition) is 0. The molecule has 6 rings (SSSR count). The summed E-state index contributed by atoms with van der Waals surface area (Å²) in [5.41, 5.74) is 4.30. The van der Waals surface area contributed by atoms with Crippen LogP contribution in [0.15, 0.2) is 46.3 Å². The minimum Gasteiger partial charge on any atom is -0.493 e. The van der Waals surface area contributed by atoms with Crippen LogP contribution in [0.2, 0.25) is 5.02 Å². The zero-order valence-electron chi connectivity index (χ0n) is 23.1. The Morgan fingerprint density at radius 3 is 2.56 bits per heavy atom. The average molecular weight is 626 g/mol. The zero-order chi connectivity index (χ0) is 28.7. The Bertz CT molecular complexity index is 1660. The predicted octanol–water partition coefficient (Wildman–Crippen LogP) is 6.15. The number of aryl methyl sites for hydroxylation is 1. The highest BCUT2D eigenvalue weighted by Gasteiger charge is 2.32. The highest BCUT2D eigenvalue weighted by atomic mass is 35.5. The highest BCUT2D eigenvalue weighted by Crippen LogP contribution is 2.42. The van der Waals surface area contributed by atoms with Crippen molar-refractivity contribution in [1.82, 2.24) is 19.7 Å². The van der Waals surface area contributed by atoms with Crippen molar-refractivity contribution in [3.05, 3.63) is 74.6 Å². The van der Waals surface area contributed by atoms with Gasteiger partial charge in [-0.2, -0.15) is 0 Å². The number of fused-ring (bicyclic) bond motifs is 5. The molecule has 0 N–H and O–H groups in total. The Morgan fingerprint density at radius 2 is 1.85 bits per heavy atom. The van der Waals surface area contributed by atoms with Gasteiger partial charge in [0, 0.05) is 38.2 Å². The van der Waals surface area contributed by atoms with Crippen LogP contribution in [-0.2, 0) is 19.5 Å². The van der Waals surface area contributed by atoms with Crippen molar-refractivity contribution in [2.24, 2.45) is 4.99 Å². The fraction of sp³-hybridized carbons (Fsp3) is 0.310. The molecule has 2 aromatic heterocycles. The first-order chi connectivity index (χ1) is 19.9. The van der Waals surface area contributed by atoms with Gasteiger partial charge in [-0.25, -0.2) is 0 Å². The minimum absolute atomic E-state index is 0.450. The molecule has 2 aliphatic rings. The van der Waals surface area contributed by atoms with Crippen molar-refractivity contribution < 1.29 is 14.2 Å². The second-order valence-electron chi connectivity index (χ2n) is 9.54. The van der Waals surface area contributed by atoms with E-state index in [9.17, 15) is 0 Å². The molecule has 4 heterocycles. The highest BCUT2D eigenvalue weighted by molar-refractivity contribution is 8.01. The van der Waals surface area contributed by atoms with Gasteiger partial charge in [0.25, 0.3) is 0 Å². The van der Waals surface area contributed by atoms with Crippen LogP contribution in [0.3, 0.4) is 0 Å². The van der Waals surface area contributed by atoms with Gasteiger partial charge in [0.05, 0.1) is 38.6 Å². The lowest BCUT2D eigenvalue weighted by Gasteiger charge is -2.29. The molecule has 4 aromatic rings. The summed E-state index contributed by atoms with van der Waals surface area (Å²) in [5.74, 6) is 4.18. The van der Waals surface area contributed by atoms with Crippen molar-refractivity contribution in [2.75, 3.05) is 33.6 Å². The molecule has 0 bridgehead atoms. The molecule has 0 unspecified atom stereocenters. The molecule has 2 aliphatic heterocycles. The Hall–Kier alpha value is -3.12. The number of nitrogens with zero attached hydrogens (tertiary/aromatic N) is 5. The number of aliphatic imine (C=N–C) groups is 1. The third kappa shape index (κ3) is 5.09. The van der Waals surface area contributed by atoms with E-state index < -0.39 is 0 Å². The van der Waals surface area contributed by atoms with Gasteiger partial charge in [0.1, 0.15) is 17.4 Å². The first-order valence-corrected chi connectivity index (χ1v) is 15.6. The number of ether oxygens (including phenoxy) is 3. The topological polar surface area (TPSA) is 74.0 Å². The third-order valence-corrected chi connectivity index (χ3v) is 10.3. The van der Waals surface area contributed by atoms with E-state index in [1.54, 1.807) is 44.4 Å². The monoisotopic (exact) mass is 625 g/mol. The molecule has 0 amide bonds. The molecular formula is C29H28ClN5O3S3. The lowest BCUT2D eigenvalue weighted by atomic mass is 9.95. The van der Waals surface area contributed by atoms with Crippen LogP contribution in [0, 0.1) is 6.92 Å². The number of aromatic nitrogens is 3. The quantitative estimate of drug-likeness (QED) is 0.179. The molecule has 8 nitrogen and oxygen atoms in total. The Morgan fingerprint density at radius 1 is 1.10 bits per heavy atom. The second kappa shape index (κ2) is 11.6. The first-order valence-electron chi connectivity index (χ1n) is 13.0. The molecule has 0 aliphatic carbocycles. The van der Waals surface area contributed by atoms with Crippen molar-refractivity contribution in [2.45, 2.75) is 31.3 Å². The second-order valence-corrected chi connectivity index (χ2v) is 12.6. The van der Waals surface area contributed by atoms with Gasteiger partial charge in [-0.1, -0.05) is 42.0 Å². The molecule has 0 saturated heterocycles. The molecule has 0 fully saturated rings. The Balaban J connectivity index is 1.28. The van der Waals surface area contributed by atoms with Gasteiger partial charge in [-0.15, -0.1) is 33.3 Å². The average Bonchev–Trinajstić information content (AvgIpc) is 3.50. The van der Waals surface area contributed by atoms with Crippen LogP contribution in [0.4, 0.5) is 0 Å². The molecule has 0 atom stereocenters. The van der Waals surface area contributed by atoms with Crippen molar-refractivity contribution in [3.8, 4) is 22.2 Å². The van der Waals surface area contributed by atoms with Crippen molar-refractivity contribution in [3.63, 3.8) is 0 Å². The molecule has 41 heavy (non-hydrogen) atoms. The van der Waals surface area contributed by atoms with Gasteiger partial charge in [0.2, 0.25) is 5.75 Å². The van der Waals surface area contributed by atoms with E-state index in [0.29, 0.717) is 34.6 Å². The van der Waals surface area contributed by atoms with Crippen LogP contribution in [0.25, 0.3) is 5.00 Å². The number of hydrogen-bond acceptors (Lipinski definition) is 9. The number of thiophene rings is 1. The molecule has 212 valence electrons. The van der Waals surface area contributed by atoms with Gasteiger partial charge >= 0.3 is 0 Å². The summed E-state index contributed by atoms with van der Waals surface area (Å²) in [4.78, 5) is 10.5. The number of rotatable bonds is 7. The molecule has 0 radical (unpaired) electrons. The fourth-order valence-corrected chi connectivity index (χ4v) is 8.10. The third-order valence-electron chi connectivity index (χ3n) is 7.23. The summed E-state index contributed by atoms with van der Waals surface area (Å²) in [5, 5.41) is 10.6. The molecule has 12 heteroatoms. The zero-order valence-corrected chi connectivity index (χ0v) is 26.3. The van der Waals surface area contributed by atoms with Gasteiger partial charge in [-0.3, -0.25) is 9.56 Å². The lowest BCUT2D eigenvalue weighted by molar-refractivity contribution is 0.323. The number of thioether (sulfide) groups is 1. The molecular weight excluding hydrogens is 598 g/mol. The standard InChI is InChI=1S/C29H28ClN5O3S3/c1-16-32-33-24-13-31-27(18-7-5-6-8-20(18)30)26-19-9-10-34(14-23(19)41-29(26)35(16)24)25(39)15-40-17-11-21(36-2)28(38-4)22(12-17)37-3/h5-8,11-12H,9-10,13-15H2,1-4H3. The number of methoxy groups -OCH3 is 3. The van der Waals surface area contributed by atoms with E-state index in [2.05, 4.69) is 19.7 Å². The fourth-order valence-electron chi connectivity index (χ4n) is 5.26. The van der Waals surface area contributed by atoms with E-state index in [0.717, 1.165) is 62.9 Å². The van der Waals surface area contributed by atoms with E-state index >= 15 is 0 Å². The maximum Gasteiger partial charge on any atom is 0.203 e. The number of thiocarbonyl (C=S) groups is 1. The Labute approximate surface area is 257 Å². The molecule has 0 spiro atoms. The van der Waals surface area contributed by atoms with Crippen LogP contribution in [-0.4, -0.2) is 64.0 Å². The SMILES string of the molecule is COc1cc(SCC(=S)N2CCc3c(sc4c3C(c3ccccc3Cl)=NCc3nnc(C)n3-4)C2)cc(OC)c1OC. The minimum atomic E-state index is 0.450. The summed E-state index contributed by atoms with van der Waals surface area (Å²) in [6.07, 6.45) is 0.857. The largest absolute Gasteiger partial charge is 0.493 e. The van der Waals surface area contributed by atoms with Gasteiger partial charge < -0.3 is 19.1 Å². The summed E-state index contributed by atoms with van der Waals surface area (Å²) in [6, 6.07) is 11.8. The van der Waals surface area contributed by atoms with Crippen molar-refractivity contribution >= 4 is 57.6 Å². The van der Waals surface area contributed by atoms with Crippen molar-refractivity contribution in [1.29, 1.82) is 0 Å². The summed E-state index contributed by atoms with van der Waals surface area (Å²) in [6.45, 7) is 4.01. The van der Waals surface area contributed by atoms with Gasteiger partial charge in [0.15, 0.2) is 17.3 Å². The van der Waals surface area contributed by atoms with Crippen LogP contribution >= 0.6 is 46.9 Å². The normalized spacial score (nSPS) is 14.0. The summed E-state index contributed by atoms with van der Waals surface area (Å²) >= 11 is 16.1. The number of benzene rings is 2. The van der Waals surface area contributed by atoms with Crippen LogP contribution in [0.1, 0.15) is 33.2 Å². The van der Waals surface area contributed by atoms with Crippen LogP contribution in [0.5, 0.6) is 17.2 Å². The molecule has 0 saturated carbocycles. The lowest BCUT2D eigenvalue weighted by Crippen LogP contribution is -2.35. The number of halogens is 1. The predicted molar refractivity (Wildman–Crippen MR) is 168 cm³/mol. The van der Waals surface area contributed by atoms with E-state index in [1.807, 2.05) is 43.3 Å². The van der Waals surface area contributed by atoms with E-state index in [-0.39, 0.29) is 0 Å². The first kappa shape index (κ1) is 28.0. The van der Waals surface area contributed by atoms with E-state index in [1.165, 1.54) is 10.4 Å². The van der Waals surface area contributed by atoms with Crippen LogP contribution < -0.4 is 14.2 Å². The summed E-state index contributed by atoms with van der Waals surface area (Å²) < 4.78 is 18.6. The van der Waals surface area contributed by atoms with E-state index in [4.69, 9.17) is 43.0 Å². The Kier molecular flexibility index (Phi) is 7.95. The summed E-state index contributed by atoms with van der Waals surface area (Å²) in [7, 11) is 4.85.